The number of aromatic nitrogens is 1. The minimum Gasteiger partial charge on any atom is -0.375 e. The highest BCUT2D eigenvalue weighted by atomic mass is 35.5. The molecule has 0 spiro atoms. The Morgan fingerprint density at radius 1 is 1.32 bits per heavy atom. The topological polar surface area (TPSA) is 88.8 Å². The predicted molar refractivity (Wildman–Crippen MR) is 131 cm³/mol. The Balaban J connectivity index is 1.58. The molecule has 11 heteroatoms. The third kappa shape index (κ3) is 3.73. The second-order valence-corrected chi connectivity index (χ2v) is 9.87. The van der Waals surface area contributed by atoms with E-state index >= 15 is 0 Å². The number of carbonyl (C=O) groups is 2. The van der Waals surface area contributed by atoms with E-state index in [1.54, 1.807) is 21.9 Å². The Kier molecular flexibility index (Phi) is 5.97. The van der Waals surface area contributed by atoms with Crippen molar-refractivity contribution in [3.05, 3.63) is 57.8 Å². The number of hydrogen-bond donors (Lipinski definition) is 1. The fourth-order valence-electron chi connectivity index (χ4n) is 4.48. The standard InChI is InChI=1S/C23H19Cl2FN4O3S/c1-2-17(31)29-5-6-30-11(8-29)9-33-10-14-13(22(30)32)7-15(24)18(19(14)25)12-3-4-16(26)21-20(12)28-23(27)34-21/h2-4,7,11H,1,5-6,8-10H2,(H2,27,28)/t11-/m1/s1. The van der Waals surface area contributed by atoms with Crippen molar-refractivity contribution in [2.24, 2.45) is 0 Å². The first kappa shape index (κ1) is 23.0. The number of carbonyl (C=O) groups excluding carboxylic acids is 2. The number of piperazine rings is 1. The van der Waals surface area contributed by atoms with Crippen LogP contribution in [-0.4, -0.2) is 58.9 Å². The maximum atomic E-state index is 14.3. The van der Waals surface area contributed by atoms with E-state index in [0.29, 0.717) is 52.1 Å². The van der Waals surface area contributed by atoms with Gasteiger partial charge >= 0.3 is 0 Å². The number of nitrogens with two attached hydrogens (primary N) is 1. The first-order valence-corrected chi connectivity index (χ1v) is 12.0. The van der Waals surface area contributed by atoms with Gasteiger partial charge in [0.05, 0.1) is 39.5 Å². The molecular weight excluding hydrogens is 502 g/mol. The number of fused-ring (bicyclic) bond motifs is 3. The van der Waals surface area contributed by atoms with Crippen molar-refractivity contribution in [2.45, 2.75) is 12.6 Å². The number of anilines is 1. The van der Waals surface area contributed by atoms with Crippen molar-refractivity contribution >= 4 is 61.7 Å². The molecule has 0 aliphatic carbocycles. The number of ether oxygens (including phenoxy) is 1. The smallest absolute Gasteiger partial charge is 0.254 e. The summed E-state index contributed by atoms with van der Waals surface area (Å²) in [7, 11) is 0. The summed E-state index contributed by atoms with van der Waals surface area (Å²) in [5, 5.41) is 0.696. The molecule has 0 radical (unpaired) electrons. The van der Waals surface area contributed by atoms with E-state index in [0.717, 1.165) is 11.3 Å². The Morgan fingerprint density at radius 2 is 2.12 bits per heavy atom. The van der Waals surface area contributed by atoms with Gasteiger partial charge in [-0.1, -0.05) is 41.1 Å². The van der Waals surface area contributed by atoms with E-state index in [4.69, 9.17) is 33.7 Å². The lowest BCUT2D eigenvalue weighted by Gasteiger charge is -2.42. The van der Waals surface area contributed by atoms with Gasteiger partial charge in [-0.15, -0.1) is 0 Å². The van der Waals surface area contributed by atoms with E-state index in [1.165, 1.54) is 12.1 Å². The number of amides is 2. The van der Waals surface area contributed by atoms with Gasteiger partial charge in [0, 0.05) is 41.9 Å². The normalized spacial score (nSPS) is 18.3. The Labute approximate surface area is 208 Å². The lowest BCUT2D eigenvalue weighted by atomic mass is 9.96. The summed E-state index contributed by atoms with van der Waals surface area (Å²) in [6, 6.07) is 4.13. The van der Waals surface area contributed by atoms with Gasteiger partial charge in [0.1, 0.15) is 5.82 Å². The summed E-state index contributed by atoms with van der Waals surface area (Å²) >= 11 is 14.5. The van der Waals surface area contributed by atoms with Crippen molar-refractivity contribution in [1.82, 2.24) is 14.8 Å². The van der Waals surface area contributed by atoms with Gasteiger partial charge in [0.2, 0.25) is 5.91 Å². The van der Waals surface area contributed by atoms with Crippen molar-refractivity contribution in [3.63, 3.8) is 0 Å². The van der Waals surface area contributed by atoms with E-state index in [1.807, 2.05) is 0 Å². The molecular formula is C23H19Cl2FN4O3S. The molecule has 3 aromatic rings. The SMILES string of the molecule is C=CC(=O)N1CCN2C(=O)c3cc(Cl)c(-c4ccc(F)c5sc(N)nc45)c(Cl)c3COC[C@H]2C1. The van der Waals surface area contributed by atoms with Crippen LogP contribution in [0.4, 0.5) is 9.52 Å². The second kappa shape index (κ2) is 8.81. The summed E-state index contributed by atoms with van der Waals surface area (Å²) < 4.78 is 20.6. The molecule has 2 aliphatic rings. The van der Waals surface area contributed by atoms with Crippen molar-refractivity contribution in [1.29, 1.82) is 0 Å². The molecule has 5 rings (SSSR count). The van der Waals surface area contributed by atoms with Gasteiger partial charge in [0.25, 0.3) is 5.91 Å². The minimum atomic E-state index is -0.440. The number of thiazole rings is 1. The molecule has 0 unspecified atom stereocenters. The molecule has 176 valence electrons. The second-order valence-electron chi connectivity index (χ2n) is 8.05. The van der Waals surface area contributed by atoms with Gasteiger partial charge in [-0.2, -0.15) is 0 Å². The summed E-state index contributed by atoms with van der Waals surface area (Å²) in [5.74, 6) is -0.852. The molecule has 3 heterocycles. The predicted octanol–water partition coefficient (Wildman–Crippen LogP) is 4.36. The molecule has 1 saturated heterocycles. The van der Waals surface area contributed by atoms with Crippen molar-refractivity contribution < 1.29 is 18.7 Å². The van der Waals surface area contributed by atoms with Crippen LogP contribution in [0.25, 0.3) is 21.3 Å². The average molecular weight is 521 g/mol. The summed E-state index contributed by atoms with van der Waals surface area (Å²) in [6.45, 7) is 4.94. The number of nitrogen functional groups attached to an aromatic ring is 1. The Hall–Kier alpha value is -2.72. The third-order valence-corrected chi connectivity index (χ3v) is 7.73. The molecule has 7 nitrogen and oxygen atoms in total. The van der Waals surface area contributed by atoms with Crippen molar-refractivity contribution in [2.75, 3.05) is 32.0 Å². The number of rotatable bonds is 2. The van der Waals surface area contributed by atoms with E-state index in [2.05, 4.69) is 11.6 Å². The minimum absolute atomic E-state index is 0.0767. The van der Waals surface area contributed by atoms with Crippen LogP contribution >= 0.6 is 34.5 Å². The van der Waals surface area contributed by atoms with Gasteiger partial charge < -0.3 is 20.3 Å². The number of nitrogens with zero attached hydrogens (tertiary/aromatic N) is 3. The van der Waals surface area contributed by atoms with E-state index < -0.39 is 5.82 Å². The van der Waals surface area contributed by atoms with Gasteiger partial charge in [-0.3, -0.25) is 9.59 Å². The molecule has 1 atom stereocenters. The highest BCUT2D eigenvalue weighted by molar-refractivity contribution is 7.22. The van der Waals surface area contributed by atoms with Crippen LogP contribution in [-0.2, 0) is 16.1 Å². The molecule has 34 heavy (non-hydrogen) atoms. The summed E-state index contributed by atoms with van der Waals surface area (Å²) in [6.07, 6.45) is 1.26. The molecule has 2 amide bonds. The van der Waals surface area contributed by atoms with Crippen molar-refractivity contribution in [3.8, 4) is 11.1 Å². The molecule has 2 aromatic carbocycles. The highest BCUT2D eigenvalue weighted by Crippen LogP contribution is 2.44. The fourth-order valence-corrected chi connectivity index (χ4v) is 5.96. The lowest BCUT2D eigenvalue weighted by molar-refractivity contribution is -0.129. The molecule has 2 aliphatic heterocycles. The fraction of sp³-hybridized carbons (Fsp3) is 0.261. The van der Waals surface area contributed by atoms with Gasteiger partial charge in [0.15, 0.2) is 5.13 Å². The maximum absolute atomic E-state index is 14.3. The molecule has 0 bridgehead atoms. The van der Waals surface area contributed by atoms with Crippen LogP contribution in [0.2, 0.25) is 10.0 Å². The molecule has 2 N–H and O–H groups in total. The van der Waals surface area contributed by atoms with Crippen LogP contribution in [0.1, 0.15) is 15.9 Å². The Bertz CT molecular complexity index is 1360. The number of hydrogen-bond acceptors (Lipinski definition) is 6. The zero-order valence-corrected chi connectivity index (χ0v) is 20.1. The monoisotopic (exact) mass is 520 g/mol. The number of halogens is 3. The average Bonchev–Trinajstić information content (AvgIpc) is 3.22. The Morgan fingerprint density at radius 3 is 2.88 bits per heavy atom. The zero-order chi connectivity index (χ0) is 24.1. The third-order valence-electron chi connectivity index (χ3n) is 6.12. The first-order valence-electron chi connectivity index (χ1n) is 10.5. The van der Waals surface area contributed by atoms with Crippen LogP contribution in [0, 0.1) is 5.82 Å². The quantitative estimate of drug-likeness (QED) is 0.507. The summed E-state index contributed by atoms with van der Waals surface area (Å²) in [4.78, 5) is 33.2. The van der Waals surface area contributed by atoms with Gasteiger partial charge in [-0.25, -0.2) is 9.37 Å². The molecule has 0 saturated carbocycles. The first-order chi connectivity index (χ1) is 16.3. The van der Waals surface area contributed by atoms with Crippen LogP contribution in [0.5, 0.6) is 0 Å². The zero-order valence-electron chi connectivity index (χ0n) is 17.8. The van der Waals surface area contributed by atoms with Crippen LogP contribution in [0.15, 0.2) is 30.9 Å². The number of benzene rings is 2. The highest BCUT2D eigenvalue weighted by Gasteiger charge is 2.36. The lowest BCUT2D eigenvalue weighted by Crippen LogP contribution is -2.58. The summed E-state index contributed by atoms with van der Waals surface area (Å²) in [5.41, 5.74) is 7.97. The molecule has 1 aromatic heterocycles. The van der Waals surface area contributed by atoms with Gasteiger partial charge in [-0.05, 0) is 24.3 Å². The van der Waals surface area contributed by atoms with E-state index in [-0.39, 0.29) is 46.2 Å². The molecule has 1 fully saturated rings. The maximum Gasteiger partial charge on any atom is 0.254 e. The largest absolute Gasteiger partial charge is 0.375 e. The van der Waals surface area contributed by atoms with E-state index in [9.17, 15) is 14.0 Å². The van der Waals surface area contributed by atoms with Crippen LogP contribution < -0.4 is 5.73 Å². The van der Waals surface area contributed by atoms with Crippen LogP contribution in [0.3, 0.4) is 0 Å².